The average Bonchev–Trinajstić information content (AvgIpc) is 2.32. The van der Waals surface area contributed by atoms with Crippen molar-refractivity contribution in [2.75, 3.05) is 5.73 Å². The van der Waals surface area contributed by atoms with Crippen LogP contribution in [0.1, 0.15) is 18.2 Å². The summed E-state index contributed by atoms with van der Waals surface area (Å²) in [5, 5.41) is 0. The lowest BCUT2D eigenvalue weighted by Crippen LogP contribution is -2.04. The number of benzene rings is 1. The number of nitrogen functional groups attached to an aromatic ring is 1. The van der Waals surface area contributed by atoms with E-state index in [1.807, 2.05) is 25.1 Å². The highest BCUT2D eigenvalue weighted by Crippen LogP contribution is 2.28. The Morgan fingerprint density at radius 2 is 1.89 bits per heavy atom. The predicted molar refractivity (Wildman–Crippen MR) is 81.4 cm³/mol. The molecule has 2 rings (SSSR count). The number of nitrogens with zero attached hydrogens (tertiary/aromatic N) is 2. The smallest absolute Gasteiger partial charge is 0.161 e. The monoisotopic (exact) mass is 369 g/mol. The summed E-state index contributed by atoms with van der Waals surface area (Å²) in [4.78, 5) is 8.89. The zero-order valence-corrected chi connectivity index (χ0v) is 13.3. The molecule has 1 aromatic heterocycles. The lowest BCUT2D eigenvalue weighted by molar-refractivity contribution is 1.01. The number of hydrogen-bond acceptors (Lipinski definition) is 3. The number of nitrogens with two attached hydrogens (primary N) is 1. The summed E-state index contributed by atoms with van der Waals surface area (Å²) in [6.07, 6.45) is 0.849. The molecule has 0 aliphatic heterocycles. The molecule has 5 heteroatoms. The predicted octanol–water partition coefficient (Wildman–Crippen LogP) is 4.12. The van der Waals surface area contributed by atoms with Crippen LogP contribution in [0.5, 0.6) is 0 Å². The van der Waals surface area contributed by atoms with Crippen molar-refractivity contribution >= 4 is 37.7 Å². The van der Waals surface area contributed by atoms with Crippen molar-refractivity contribution in [1.82, 2.24) is 9.97 Å². The molecular weight excluding hydrogens is 358 g/mol. The van der Waals surface area contributed by atoms with Crippen molar-refractivity contribution in [3.05, 3.63) is 38.4 Å². The lowest BCUT2D eigenvalue weighted by atomic mass is 10.1. The maximum absolute atomic E-state index is 5.97. The Morgan fingerprint density at radius 3 is 2.44 bits per heavy atom. The van der Waals surface area contributed by atoms with Gasteiger partial charge in [-0.2, -0.15) is 0 Å². The molecule has 0 radical (unpaired) electrons. The van der Waals surface area contributed by atoms with Crippen molar-refractivity contribution in [2.24, 2.45) is 0 Å². The quantitative estimate of drug-likeness (QED) is 0.864. The normalized spacial score (nSPS) is 10.7. The molecule has 0 saturated carbocycles. The van der Waals surface area contributed by atoms with Gasteiger partial charge in [-0.15, -0.1) is 0 Å². The Morgan fingerprint density at radius 1 is 1.17 bits per heavy atom. The van der Waals surface area contributed by atoms with Crippen molar-refractivity contribution in [1.29, 1.82) is 0 Å². The summed E-state index contributed by atoms with van der Waals surface area (Å²) >= 11 is 6.92. The molecule has 0 unspecified atom stereocenters. The third-order valence-electron chi connectivity index (χ3n) is 2.78. The second-order valence-electron chi connectivity index (χ2n) is 3.98. The molecule has 0 amide bonds. The number of anilines is 1. The third-order valence-corrected chi connectivity index (χ3v) is 4.66. The van der Waals surface area contributed by atoms with Gasteiger partial charge in [-0.1, -0.05) is 6.92 Å². The van der Waals surface area contributed by atoms with Gasteiger partial charge in [-0.05, 0) is 63.4 Å². The Kier molecular flexibility index (Phi) is 4.02. The zero-order valence-electron chi connectivity index (χ0n) is 10.2. The fourth-order valence-corrected chi connectivity index (χ4v) is 2.44. The van der Waals surface area contributed by atoms with E-state index in [2.05, 4.69) is 48.8 Å². The molecule has 0 spiro atoms. The van der Waals surface area contributed by atoms with E-state index in [4.69, 9.17) is 5.73 Å². The van der Waals surface area contributed by atoms with E-state index in [0.29, 0.717) is 11.6 Å². The van der Waals surface area contributed by atoms with E-state index in [-0.39, 0.29) is 0 Å². The van der Waals surface area contributed by atoms with Crippen molar-refractivity contribution in [3.8, 4) is 11.4 Å². The van der Waals surface area contributed by atoms with Gasteiger partial charge in [0.2, 0.25) is 0 Å². The van der Waals surface area contributed by atoms with Gasteiger partial charge in [0.15, 0.2) is 5.82 Å². The van der Waals surface area contributed by atoms with Crippen LogP contribution >= 0.6 is 31.9 Å². The molecule has 0 bridgehead atoms. The van der Waals surface area contributed by atoms with E-state index in [1.54, 1.807) is 0 Å². The topological polar surface area (TPSA) is 51.8 Å². The Balaban J connectivity index is 2.54. The standard InChI is InChI=1S/C13H13Br2N3/c1-3-9-7(2)17-13(18-12(9)16)8-4-5-10(14)11(15)6-8/h4-6H,3H2,1-2H3,(H2,16,17,18). The second-order valence-corrected chi connectivity index (χ2v) is 5.69. The van der Waals surface area contributed by atoms with Crippen LogP contribution in [0, 0.1) is 6.92 Å². The maximum atomic E-state index is 5.97. The summed E-state index contributed by atoms with van der Waals surface area (Å²) in [6.45, 7) is 4.02. The summed E-state index contributed by atoms with van der Waals surface area (Å²) < 4.78 is 1.97. The van der Waals surface area contributed by atoms with Crippen LogP contribution in [0.15, 0.2) is 27.1 Å². The molecule has 2 aromatic rings. The Hall–Kier alpha value is -0.940. The van der Waals surface area contributed by atoms with Crippen LogP contribution in [0.25, 0.3) is 11.4 Å². The fraction of sp³-hybridized carbons (Fsp3) is 0.231. The van der Waals surface area contributed by atoms with Gasteiger partial charge in [0.25, 0.3) is 0 Å². The van der Waals surface area contributed by atoms with Crippen LogP contribution in [0.4, 0.5) is 5.82 Å². The molecule has 0 saturated heterocycles. The highest BCUT2D eigenvalue weighted by molar-refractivity contribution is 9.13. The van der Waals surface area contributed by atoms with E-state index >= 15 is 0 Å². The first kappa shape index (κ1) is 13.5. The minimum atomic E-state index is 0.569. The first-order valence-corrected chi connectivity index (χ1v) is 7.20. The number of hydrogen-bond donors (Lipinski definition) is 1. The molecular formula is C13H13Br2N3. The molecule has 0 aliphatic carbocycles. The second kappa shape index (κ2) is 5.36. The molecule has 2 N–H and O–H groups in total. The van der Waals surface area contributed by atoms with E-state index < -0.39 is 0 Å². The molecule has 0 fully saturated rings. The largest absolute Gasteiger partial charge is 0.383 e. The molecule has 94 valence electrons. The first-order valence-electron chi connectivity index (χ1n) is 5.61. The molecule has 0 aliphatic rings. The van der Waals surface area contributed by atoms with Gasteiger partial charge in [0.05, 0.1) is 0 Å². The van der Waals surface area contributed by atoms with Gasteiger partial charge in [0.1, 0.15) is 5.82 Å². The van der Waals surface area contributed by atoms with Gasteiger partial charge in [0, 0.05) is 25.8 Å². The Labute approximate surface area is 123 Å². The van der Waals surface area contributed by atoms with Gasteiger partial charge >= 0.3 is 0 Å². The van der Waals surface area contributed by atoms with Crippen LogP contribution in [0.3, 0.4) is 0 Å². The van der Waals surface area contributed by atoms with E-state index in [0.717, 1.165) is 32.2 Å². The van der Waals surface area contributed by atoms with Gasteiger partial charge in [-0.25, -0.2) is 9.97 Å². The van der Waals surface area contributed by atoms with Crippen molar-refractivity contribution < 1.29 is 0 Å². The number of aromatic nitrogens is 2. The third kappa shape index (κ3) is 2.57. The van der Waals surface area contributed by atoms with Gasteiger partial charge in [-0.3, -0.25) is 0 Å². The minimum Gasteiger partial charge on any atom is -0.383 e. The summed E-state index contributed by atoms with van der Waals surface area (Å²) in [5.74, 6) is 1.23. The summed E-state index contributed by atoms with van der Waals surface area (Å²) in [6, 6.07) is 5.90. The van der Waals surface area contributed by atoms with Gasteiger partial charge < -0.3 is 5.73 Å². The van der Waals surface area contributed by atoms with Crippen LogP contribution < -0.4 is 5.73 Å². The van der Waals surface area contributed by atoms with Crippen molar-refractivity contribution in [2.45, 2.75) is 20.3 Å². The summed E-state index contributed by atoms with van der Waals surface area (Å²) in [7, 11) is 0. The molecule has 3 nitrogen and oxygen atoms in total. The zero-order chi connectivity index (χ0) is 13.3. The van der Waals surface area contributed by atoms with Crippen LogP contribution in [0.2, 0.25) is 0 Å². The van der Waals surface area contributed by atoms with E-state index in [9.17, 15) is 0 Å². The highest BCUT2D eigenvalue weighted by Gasteiger charge is 2.10. The van der Waals surface area contributed by atoms with Crippen LogP contribution in [-0.4, -0.2) is 9.97 Å². The highest BCUT2D eigenvalue weighted by atomic mass is 79.9. The molecule has 0 atom stereocenters. The minimum absolute atomic E-state index is 0.569. The van der Waals surface area contributed by atoms with Crippen LogP contribution in [-0.2, 0) is 6.42 Å². The fourth-order valence-electron chi connectivity index (χ4n) is 1.82. The maximum Gasteiger partial charge on any atom is 0.161 e. The van der Waals surface area contributed by atoms with Crippen molar-refractivity contribution in [3.63, 3.8) is 0 Å². The number of rotatable bonds is 2. The average molecular weight is 371 g/mol. The number of halogens is 2. The molecule has 1 heterocycles. The first-order chi connectivity index (χ1) is 8.52. The van der Waals surface area contributed by atoms with E-state index in [1.165, 1.54) is 0 Å². The lowest BCUT2D eigenvalue weighted by Gasteiger charge is -2.09. The SMILES string of the molecule is CCc1c(C)nc(-c2ccc(Br)c(Br)c2)nc1N. The number of aryl methyl sites for hydroxylation is 1. The molecule has 1 aromatic carbocycles. The summed E-state index contributed by atoms with van der Waals surface area (Å²) in [5.41, 5.74) is 8.88. The Bertz CT molecular complexity index is 574. The molecule has 18 heavy (non-hydrogen) atoms.